The van der Waals surface area contributed by atoms with Gasteiger partial charge >= 0.3 is 0 Å². The van der Waals surface area contributed by atoms with Crippen molar-refractivity contribution in [3.63, 3.8) is 0 Å². The molecular formula is C12H16N2O. The molecule has 2 rings (SSSR count). The van der Waals surface area contributed by atoms with E-state index in [1.54, 1.807) is 0 Å². The predicted molar refractivity (Wildman–Crippen MR) is 60.7 cm³/mol. The van der Waals surface area contributed by atoms with Gasteiger partial charge in [0.25, 0.3) is 0 Å². The van der Waals surface area contributed by atoms with Crippen molar-refractivity contribution in [1.82, 2.24) is 9.97 Å². The fraction of sp³-hybridized carbons (Fsp3) is 0.417. The highest BCUT2D eigenvalue weighted by Gasteiger charge is 2.02. The maximum Gasteiger partial charge on any atom is 0.107 e. The molecule has 80 valence electrons. The van der Waals surface area contributed by atoms with Crippen LogP contribution >= 0.6 is 0 Å². The summed E-state index contributed by atoms with van der Waals surface area (Å²) in [5.41, 5.74) is 2.11. The van der Waals surface area contributed by atoms with Crippen molar-refractivity contribution in [2.45, 2.75) is 32.3 Å². The van der Waals surface area contributed by atoms with Gasteiger partial charge in [-0.2, -0.15) is 0 Å². The largest absolute Gasteiger partial charge is 0.393 e. The molecule has 0 amide bonds. The number of aliphatic hydroxyl groups is 1. The van der Waals surface area contributed by atoms with Gasteiger partial charge in [0.2, 0.25) is 0 Å². The van der Waals surface area contributed by atoms with Gasteiger partial charge in [-0.15, -0.1) is 0 Å². The molecule has 0 saturated heterocycles. The lowest BCUT2D eigenvalue weighted by Gasteiger charge is -2.00. The summed E-state index contributed by atoms with van der Waals surface area (Å²) >= 11 is 0. The van der Waals surface area contributed by atoms with Crippen molar-refractivity contribution in [2.75, 3.05) is 0 Å². The van der Waals surface area contributed by atoms with E-state index >= 15 is 0 Å². The van der Waals surface area contributed by atoms with E-state index in [1.165, 1.54) is 0 Å². The lowest BCUT2D eigenvalue weighted by Crippen LogP contribution is -2.00. The lowest BCUT2D eigenvalue weighted by atomic mass is 10.2. The molecule has 0 aliphatic heterocycles. The van der Waals surface area contributed by atoms with Crippen LogP contribution in [0.4, 0.5) is 0 Å². The van der Waals surface area contributed by atoms with Crippen LogP contribution in [0.15, 0.2) is 24.3 Å². The molecule has 3 nitrogen and oxygen atoms in total. The zero-order valence-corrected chi connectivity index (χ0v) is 8.90. The second-order valence-corrected chi connectivity index (χ2v) is 3.94. The SMILES string of the molecule is C[C@H](O)CCCc1nc2ccccc2[nH]1. The molecule has 0 aliphatic rings. The smallest absolute Gasteiger partial charge is 0.107 e. The first-order valence-electron chi connectivity index (χ1n) is 5.37. The number of aryl methyl sites for hydroxylation is 1. The van der Waals surface area contributed by atoms with Crippen LogP contribution in [0.25, 0.3) is 11.0 Å². The molecule has 2 N–H and O–H groups in total. The maximum absolute atomic E-state index is 9.14. The number of imidazole rings is 1. The van der Waals surface area contributed by atoms with Crippen molar-refractivity contribution >= 4 is 11.0 Å². The highest BCUT2D eigenvalue weighted by atomic mass is 16.3. The van der Waals surface area contributed by atoms with Crippen LogP contribution in [-0.2, 0) is 6.42 Å². The molecule has 2 aromatic rings. The molecule has 1 atom stereocenters. The summed E-state index contributed by atoms with van der Waals surface area (Å²) in [5.74, 6) is 1.01. The number of aromatic amines is 1. The summed E-state index contributed by atoms with van der Waals surface area (Å²) in [6.45, 7) is 1.82. The number of rotatable bonds is 4. The van der Waals surface area contributed by atoms with Gasteiger partial charge in [-0.1, -0.05) is 12.1 Å². The third-order valence-electron chi connectivity index (χ3n) is 2.47. The first-order chi connectivity index (χ1) is 7.25. The van der Waals surface area contributed by atoms with Crippen molar-refractivity contribution in [3.05, 3.63) is 30.1 Å². The van der Waals surface area contributed by atoms with Crippen LogP contribution in [0.3, 0.4) is 0 Å². The minimum absolute atomic E-state index is 0.214. The van der Waals surface area contributed by atoms with Gasteiger partial charge in [0.15, 0.2) is 0 Å². The lowest BCUT2D eigenvalue weighted by molar-refractivity contribution is 0.181. The average molecular weight is 204 g/mol. The van der Waals surface area contributed by atoms with Crippen LogP contribution in [0.1, 0.15) is 25.6 Å². The van der Waals surface area contributed by atoms with Crippen molar-refractivity contribution in [3.8, 4) is 0 Å². The highest BCUT2D eigenvalue weighted by Crippen LogP contribution is 2.12. The number of benzene rings is 1. The van der Waals surface area contributed by atoms with E-state index in [-0.39, 0.29) is 6.10 Å². The molecule has 1 heterocycles. The highest BCUT2D eigenvalue weighted by molar-refractivity contribution is 5.74. The fourth-order valence-corrected chi connectivity index (χ4v) is 1.69. The number of aromatic nitrogens is 2. The third-order valence-corrected chi connectivity index (χ3v) is 2.47. The molecule has 0 radical (unpaired) electrons. The number of para-hydroxylation sites is 2. The molecule has 0 fully saturated rings. The normalized spacial score (nSPS) is 13.2. The zero-order chi connectivity index (χ0) is 10.7. The molecular weight excluding hydrogens is 188 g/mol. The molecule has 15 heavy (non-hydrogen) atoms. The summed E-state index contributed by atoms with van der Waals surface area (Å²) in [4.78, 5) is 7.75. The van der Waals surface area contributed by atoms with Gasteiger partial charge in [0.05, 0.1) is 17.1 Å². The van der Waals surface area contributed by atoms with Crippen molar-refractivity contribution in [2.24, 2.45) is 0 Å². The predicted octanol–water partition coefficient (Wildman–Crippen LogP) is 2.27. The van der Waals surface area contributed by atoms with Gasteiger partial charge in [0, 0.05) is 6.42 Å². The molecule has 1 aromatic carbocycles. The first kappa shape index (κ1) is 10.2. The topological polar surface area (TPSA) is 48.9 Å². The van der Waals surface area contributed by atoms with Crippen LogP contribution in [0.2, 0.25) is 0 Å². The van der Waals surface area contributed by atoms with Crippen LogP contribution in [0, 0.1) is 0 Å². The Morgan fingerprint density at radius 3 is 2.93 bits per heavy atom. The molecule has 1 aromatic heterocycles. The van der Waals surface area contributed by atoms with Crippen molar-refractivity contribution in [1.29, 1.82) is 0 Å². The third kappa shape index (κ3) is 2.57. The zero-order valence-electron chi connectivity index (χ0n) is 8.90. The molecule has 0 spiro atoms. The van der Waals surface area contributed by atoms with Gasteiger partial charge < -0.3 is 10.1 Å². The van der Waals surface area contributed by atoms with E-state index in [9.17, 15) is 0 Å². The monoisotopic (exact) mass is 204 g/mol. The number of nitrogens with one attached hydrogen (secondary N) is 1. The van der Waals surface area contributed by atoms with Crippen molar-refractivity contribution < 1.29 is 5.11 Å². The van der Waals surface area contributed by atoms with Crippen LogP contribution in [-0.4, -0.2) is 21.2 Å². The fourth-order valence-electron chi connectivity index (χ4n) is 1.69. The second kappa shape index (κ2) is 4.45. The van der Waals surface area contributed by atoms with E-state index in [0.717, 1.165) is 36.1 Å². The standard InChI is InChI=1S/C12H16N2O/c1-9(15)5-4-8-12-13-10-6-2-3-7-11(10)14-12/h2-3,6-7,9,15H,4-5,8H2,1H3,(H,13,14)/t9-/m0/s1. The molecule has 0 aliphatic carbocycles. The Morgan fingerprint density at radius 1 is 1.40 bits per heavy atom. The average Bonchev–Trinajstić information content (AvgIpc) is 2.59. The summed E-state index contributed by atoms with van der Waals surface area (Å²) in [7, 11) is 0. The number of H-pyrrole nitrogens is 1. The Balaban J connectivity index is 2.03. The van der Waals surface area contributed by atoms with E-state index in [0.29, 0.717) is 0 Å². The first-order valence-corrected chi connectivity index (χ1v) is 5.37. The van der Waals surface area contributed by atoms with E-state index in [4.69, 9.17) is 5.11 Å². The van der Waals surface area contributed by atoms with Gasteiger partial charge in [-0.25, -0.2) is 4.98 Å². The Kier molecular flexibility index (Phi) is 3.02. The summed E-state index contributed by atoms with van der Waals surface area (Å²) in [5, 5.41) is 9.14. The van der Waals surface area contributed by atoms with Gasteiger partial charge in [-0.3, -0.25) is 0 Å². The Hall–Kier alpha value is -1.35. The minimum atomic E-state index is -0.214. The molecule has 0 unspecified atom stereocenters. The second-order valence-electron chi connectivity index (χ2n) is 3.94. The van der Waals surface area contributed by atoms with Crippen LogP contribution < -0.4 is 0 Å². The number of hydrogen-bond acceptors (Lipinski definition) is 2. The van der Waals surface area contributed by atoms with E-state index in [2.05, 4.69) is 9.97 Å². The quantitative estimate of drug-likeness (QED) is 0.802. The summed E-state index contributed by atoms with van der Waals surface area (Å²) in [6, 6.07) is 8.02. The Morgan fingerprint density at radius 2 is 2.20 bits per heavy atom. The van der Waals surface area contributed by atoms with Crippen LogP contribution in [0.5, 0.6) is 0 Å². The minimum Gasteiger partial charge on any atom is -0.393 e. The van der Waals surface area contributed by atoms with Gasteiger partial charge in [0.1, 0.15) is 5.82 Å². The number of aliphatic hydroxyl groups excluding tert-OH is 1. The molecule has 3 heteroatoms. The summed E-state index contributed by atoms with van der Waals surface area (Å²) < 4.78 is 0. The van der Waals surface area contributed by atoms with E-state index in [1.807, 2.05) is 31.2 Å². The summed E-state index contributed by atoms with van der Waals surface area (Å²) in [6.07, 6.45) is 2.49. The number of hydrogen-bond donors (Lipinski definition) is 2. The molecule has 0 bridgehead atoms. The molecule has 0 saturated carbocycles. The maximum atomic E-state index is 9.14. The number of fused-ring (bicyclic) bond motifs is 1. The van der Waals surface area contributed by atoms with Gasteiger partial charge in [-0.05, 0) is 31.9 Å². The Labute approximate surface area is 89.2 Å². The van der Waals surface area contributed by atoms with E-state index < -0.39 is 0 Å². The Bertz CT molecular complexity index is 401. The number of nitrogens with zero attached hydrogens (tertiary/aromatic N) is 1.